The molecule has 0 heterocycles. The highest BCUT2D eigenvalue weighted by molar-refractivity contribution is 5.20. The molecule has 10 heavy (non-hydrogen) atoms. The molecule has 0 spiro atoms. The van der Waals surface area contributed by atoms with Crippen LogP contribution in [-0.2, 0) is 0 Å². The molecule has 58 valence electrons. The van der Waals surface area contributed by atoms with Gasteiger partial charge in [-0.1, -0.05) is 0 Å². The number of hydrogen-bond acceptors (Lipinski definition) is 2. The molecule has 2 heteroatoms. The average Bonchev–Trinajstić information content (AvgIpc) is 1.93. The van der Waals surface area contributed by atoms with Crippen molar-refractivity contribution >= 4 is 0 Å². The molecular weight excluding hydrogens is 128 g/mol. The Kier molecular flexibility index (Phi) is 2.11. The van der Waals surface area contributed by atoms with Gasteiger partial charge in [0, 0.05) is 0 Å². The van der Waals surface area contributed by atoms with Crippen LogP contribution >= 0.6 is 0 Å². The molecule has 0 aliphatic heterocycles. The minimum atomic E-state index is -0.316. The van der Waals surface area contributed by atoms with E-state index in [1.54, 1.807) is 0 Å². The third-order valence-electron chi connectivity index (χ3n) is 2.34. The summed E-state index contributed by atoms with van der Waals surface area (Å²) in [6.45, 7) is 3.75. The first kappa shape index (κ1) is 7.76. The Bertz CT molecular complexity index is 143. The SMILES string of the molecule is CC1=C(C)C(O)CCC1O. The number of aliphatic hydroxyl groups excluding tert-OH is 2. The fourth-order valence-electron chi connectivity index (χ4n) is 1.27. The summed E-state index contributed by atoms with van der Waals surface area (Å²) in [4.78, 5) is 0. The van der Waals surface area contributed by atoms with Gasteiger partial charge in [-0.05, 0) is 37.8 Å². The van der Waals surface area contributed by atoms with Crippen LogP contribution in [0.15, 0.2) is 11.1 Å². The highest BCUT2D eigenvalue weighted by atomic mass is 16.3. The van der Waals surface area contributed by atoms with Crippen molar-refractivity contribution in [3.8, 4) is 0 Å². The molecule has 1 aliphatic rings. The fraction of sp³-hybridized carbons (Fsp3) is 0.750. The highest BCUT2D eigenvalue weighted by Gasteiger charge is 2.20. The molecule has 0 aromatic rings. The van der Waals surface area contributed by atoms with Gasteiger partial charge >= 0.3 is 0 Å². The molecule has 0 bridgehead atoms. The first-order valence-corrected chi connectivity index (χ1v) is 3.66. The summed E-state index contributed by atoms with van der Waals surface area (Å²) in [6.07, 6.45) is 0.765. The van der Waals surface area contributed by atoms with Crippen LogP contribution in [-0.4, -0.2) is 22.4 Å². The van der Waals surface area contributed by atoms with Crippen LogP contribution in [0.25, 0.3) is 0 Å². The lowest BCUT2D eigenvalue weighted by atomic mass is 9.89. The molecule has 0 aromatic carbocycles. The van der Waals surface area contributed by atoms with E-state index in [9.17, 15) is 10.2 Å². The van der Waals surface area contributed by atoms with E-state index in [-0.39, 0.29) is 12.2 Å². The van der Waals surface area contributed by atoms with Gasteiger partial charge in [-0.15, -0.1) is 0 Å². The van der Waals surface area contributed by atoms with Gasteiger partial charge in [0.15, 0.2) is 0 Å². The molecule has 1 aliphatic carbocycles. The van der Waals surface area contributed by atoms with Crippen molar-refractivity contribution < 1.29 is 10.2 Å². The van der Waals surface area contributed by atoms with Crippen LogP contribution in [0.3, 0.4) is 0 Å². The van der Waals surface area contributed by atoms with Gasteiger partial charge in [-0.2, -0.15) is 0 Å². The quantitative estimate of drug-likeness (QED) is 0.492. The molecule has 0 amide bonds. The second-order valence-electron chi connectivity index (χ2n) is 2.97. The van der Waals surface area contributed by atoms with Gasteiger partial charge < -0.3 is 10.2 Å². The molecule has 0 aromatic heterocycles. The van der Waals surface area contributed by atoms with Crippen molar-refractivity contribution in [2.24, 2.45) is 0 Å². The van der Waals surface area contributed by atoms with Crippen molar-refractivity contribution in [3.05, 3.63) is 11.1 Å². The standard InChI is InChI=1S/C8H14O2/c1-5-6(2)8(10)4-3-7(5)9/h7-10H,3-4H2,1-2H3. The Morgan fingerprint density at radius 3 is 1.60 bits per heavy atom. The zero-order chi connectivity index (χ0) is 7.72. The van der Waals surface area contributed by atoms with Crippen molar-refractivity contribution in [1.82, 2.24) is 0 Å². The van der Waals surface area contributed by atoms with Gasteiger partial charge in [0.05, 0.1) is 12.2 Å². The number of aliphatic hydroxyl groups is 2. The van der Waals surface area contributed by atoms with Crippen LogP contribution in [0.1, 0.15) is 26.7 Å². The Hall–Kier alpha value is -0.340. The van der Waals surface area contributed by atoms with Gasteiger partial charge in [-0.3, -0.25) is 0 Å². The predicted octanol–water partition coefficient (Wildman–Crippen LogP) is 0.838. The molecule has 2 unspecified atom stereocenters. The summed E-state index contributed by atoms with van der Waals surface area (Å²) in [6, 6.07) is 0. The number of rotatable bonds is 0. The van der Waals surface area contributed by atoms with Gasteiger partial charge in [-0.25, -0.2) is 0 Å². The minimum absolute atomic E-state index is 0.316. The lowest BCUT2D eigenvalue weighted by molar-refractivity contribution is 0.127. The molecule has 0 saturated carbocycles. The van der Waals surface area contributed by atoms with E-state index in [1.165, 1.54) is 0 Å². The normalized spacial score (nSPS) is 34.8. The maximum atomic E-state index is 9.30. The second kappa shape index (κ2) is 2.72. The van der Waals surface area contributed by atoms with Crippen molar-refractivity contribution in [3.63, 3.8) is 0 Å². The summed E-state index contributed by atoms with van der Waals surface area (Å²) >= 11 is 0. The van der Waals surface area contributed by atoms with E-state index >= 15 is 0 Å². The first-order chi connectivity index (χ1) is 4.63. The molecular formula is C8H14O2. The Balaban J connectivity index is 2.81. The third kappa shape index (κ3) is 1.22. The lowest BCUT2D eigenvalue weighted by Crippen LogP contribution is -2.23. The van der Waals surface area contributed by atoms with E-state index in [2.05, 4.69) is 0 Å². The van der Waals surface area contributed by atoms with Crippen LogP contribution in [0, 0.1) is 0 Å². The predicted molar refractivity (Wildman–Crippen MR) is 39.6 cm³/mol. The molecule has 0 radical (unpaired) electrons. The monoisotopic (exact) mass is 142 g/mol. The van der Waals surface area contributed by atoms with E-state index in [0.29, 0.717) is 12.8 Å². The van der Waals surface area contributed by atoms with Crippen molar-refractivity contribution in [2.75, 3.05) is 0 Å². The van der Waals surface area contributed by atoms with Gasteiger partial charge in [0.2, 0.25) is 0 Å². The molecule has 1 rings (SSSR count). The van der Waals surface area contributed by atoms with Gasteiger partial charge in [0.25, 0.3) is 0 Å². The maximum Gasteiger partial charge on any atom is 0.0751 e. The van der Waals surface area contributed by atoms with Crippen LogP contribution < -0.4 is 0 Å². The average molecular weight is 142 g/mol. The van der Waals surface area contributed by atoms with Gasteiger partial charge in [0.1, 0.15) is 0 Å². The second-order valence-corrected chi connectivity index (χ2v) is 2.97. The van der Waals surface area contributed by atoms with E-state index in [0.717, 1.165) is 11.1 Å². The minimum Gasteiger partial charge on any atom is -0.389 e. The van der Waals surface area contributed by atoms with Crippen molar-refractivity contribution in [1.29, 1.82) is 0 Å². The molecule has 2 atom stereocenters. The summed E-state index contributed by atoms with van der Waals surface area (Å²) in [5, 5.41) is 18.6. The maximum absolute atomic E-state index is 9.30. The van der Waals surface area contributed by atoms with Crippen LogP contribution in [0.5, 0.6) is 0 Å². The van der Waals surface area contributed by atoms with Crippen molar-refractivity contribution in [2.45, 2.75) is 38.9 Å². The summed E-state index contributed by atoms with van der Waals surface area (Å²) in [7, 11) is 0. The Morgan fingerprint density at radius 1 is 1.00 bits per heavy atom. The van der Waals surface area contributed by atoms with Crippen LogP contribution in [0.2, 0.25) is 0 Å². The molecule has 0 fully saturated rings. The first-order valence-electron chi connectivity index (χ1n) is 3.66. The molecule has 2 nitrogen and oxygen atoms in total. The number of hydrogen-bond donors (Lipinski definition) is 2. The molecule has 2 N–H and O–H groups in total. The van der Waals surface area contributed by atoms with Crippen LogP contribution in [0.4, 0.5) is 0 Å². The highest BCUT2D eigenvalue weighted by Crippen LogP contribution is 2.24. The van der Waals surface area contributed by atoms with E-state index < -0.39 is 0 Å². The topological polar surface area (TPSA) is 40.5 Å². The third-order valence-corrected chi connectivity index (χ3v) is 2.34. The van der Waals surface area contributed by atoms with E-state index in [4.69, 9.17) is 0 Å². The summed E-state index contributed by atoms with van der Waals surface area (Å²) in [5.41, 5.74) is 1.89. The Labute approximate surface area is 61.2 Å². The summed E-state index contributed by atoms with van der Waals surface area (Å²) in [5.74, 6) is 0. The zero-order valence-electron chi connectivity index (χ0n) is 6.46. The molecule has 0 saturated heterocycles. The summed E-state index contributed by atoms with van der Waals surface area (Å²) < 4.78 is 0. The Morgan fingerprint density at radius 2 is 1.30 bits per heavy atom. The smallest absolute Gasteiger partial charge is 0.0751 e. The largest absolute Gasteiger partial charge is 0.389 e. The lowest BCUT2D eigenvalue weighted by Gasteiger charge is -2.24. The zero-order valence-corrected chi connectivity index (χ0v) is 6.46. The van der Waals surface area contributed by atoms with E-state index in [1.807, 2.05) is 13.8 Å². The fourth-order valence-corrected chi connectivity index (χ4v) is 1.27.